The Morgan fingerprint density at radius 1 is 1.31 bits per heavy atom. The van der Waals surface area contributed by atoms with Crippen molar-refractivity contribution in [2.45, 2.75) is 6.42 Å². The van der Waals surface area contributed by atoms with E-state index in [-0.39, 0.29) is 0 Å². The Labute approximate surface area is 76.8 Å². The monoisotopic (exact) mass is 177 g/mol. The molecule has 3 heteroatoms. The third-order valence-electron chi connectivity index (χ3n) is 1.73. The van der Waals surface area contributed by atoms with Crippen molar-refractivity contribution in [3.63, 3.8) is 0 Å². The molecule has 1 N–H and O–H groups in total. The zero-order valence-electron chi connectivity index (χ0n) is 7.19. The molecule has 0 spiro atoms. The Hall–Kier alpha value is -1.64. The standard InChI is InChI=1S/C10H11NO2/c12-7-10-3-1-2-9(6-10)4-5-11-8-13/h1-3,6-8H,4-5H2,(H,11,13). The van der Waals surface area contributed by atoms with Gasteiger partial charge < -0.3 is 5.32 Å². The van der Waals surface area contributed by atoms with Gasteiger partial charge in [0, 0.05) is 12.1 Å². The molecule has 0 heterocycles. The molecule has 0 unspecified atom stereocenters. The molecule has 0 aromatic heterocycles. The molecule has 0 aliphatic carbocycles. The second-order valence-electron chi connectivity index (χ2n) is 2.68. The third-order valence-corrected chi connectivity index (χ3v) is 1.73. The molecule has 3 nitrogen and oxygen atoms in total. The van der Waals surface area contributed by atoms with E-state index < -0.39 is 0 Å². The van der Waals surface area contributed by atoms with Gasteiger partial charge in [-0.2, -0.15) is 0 Å². The van der Waals surface area contributed by atoms with Crippen molar-refractivity contribution in [3.05, 3.63) is 35.4 Å². The number of hydrogen-bond donors (Lipinski definition) is 1. The molecule has 0 bridgehead atoms. The summed E-state index contributed by atoms with van der Waals surface area (Å²) >= 11 is 0. The van der Waals surface area contributed by atoms with Crippen molar-refractivity contribution >= 4 is 12.7 Å². The van der Waals surface area contributed by atoms with E-state index >= 15 is 0 Å². The quantitative estimate of drug-likeness (QED) is 0.534. The van der Waals surface area contributed by atoms with Crippen molar-refractivity contribution in [3.8, 4) is 0 Å². The Kier molecular flexibility index (Phi) is 3.70. The number of benzene rings is 1. The number of rotatable bonds is 5. The highest BCUT2D eigenvalue weighted by atomic mass is 16.1. The highest BCUT2D eigenvalue weighted by Gasteiger charge is 1.93. The molecule has 1 aromatic carbocycles. The fourth-order valence-corrected chi connectivity index (χ4v) is 1.10. The first-order valence-electron chi connectivity index (χ1n) is 4.08. The number of carbonyl (C=O) groups excluding carboxylic acids is 2. The summed E-state index contributed by atoms with van der Waals surface area (Å²) in [5, 5.41) is 2.57. The molecule has 0 atom stereocenters. The Morgan fingerprint density at radius 3 is 2.85 bits per heavy atom. The van der Waals surface area contributed by atoms with Gasteiger partial charge in [-0.1, -0.05) is 18.2 Å². The zero-order chi connectivity index (χ0) is 9.52. The highest BCUT2D eigenvalue weighted by Crippen LogP contribution is 2.03. The van der Waals surface area contributed by atoms with E-state index in [2.05, 4.69) is 5.32 Å². The molecule has 0 aliphatic heterocycles. The van der Waals surface area contributed by atoms with E-state index in [0.29, 0.717) is 18.5 Å². The van der Waals surface area contributed by atoms with E-state index in [1.54, 1.807) is 6.07 Å². The first-order chi connectivity index (χ1) is 6.36. The van der Waals surface area contributed by atoms with E-state index in [1.807, 2.05) is 18.2 Å². The minimum absolute atomic E-state index is 0.603. The summed E-state index contributed by atoms with van der Waals surface area (Å²) in [7, 11) is 0. The number of hydrogen-bond acceptors (Lipinski definition) is 2. The van der Waals surface area contributed by atoms with Gasteiger partial charge in [-0.25, -0.2) is 0 Å². The summed E-state index contributed by atoms with van der Waals surface area (Å²) in [5.41, 5.74) is 1.72. The lowest BCUT2D eigenvalue weighted by molar-refractivity contribution is -0.109. The number of carbonyl (C=O) groups is 2. The van der Waals surface area contributed by atoms with Gasteiger partial charge in [0.1, 0.15) is 6.29 Å². The van der Waals surface area contributed by atoms with Crippen LogP contribution in [0.5, 0.6) is 0 Å². The smallest absolute Gasteiger partial charge is 0.207 e. The molecule has 0 aliphatic rings. The molecule has 0 saturated carbocycles. The van der Waals surface area contributed by atoms with Crippen LogP contribution < -0.4 is 5.32 Å². The maximum atomic E-state index is 10.4. The molecule has 1 aromatic rings. The van der Waals surface area contributed by atoms with Crippen LogP contribution in [0.1, 0.15) is 15.9 Å². The van der Waals surface area contributed by atoms with Crippen molar-refractivity contribution in [1.29, 1.82) is 0 Å². The fraction of sp³-hybridized carbons (Fsp3) is 0.200. The van der Waals surface area contributed by atoms with Crippen molar-refractivity contribution in [2.24, 2.45) is 0 Å². The predicted octanol–water partition coefficient (Wildman–Crippen LogP) is 0.788. The first kappa shape index (κ1) is 9.45. The number of aldehydes is 1. The van der Waals surface area contributed by atoms with Crippen LogP contribution in [-0.2, 0) is 11.2 Å². The zero-order valence-corrected chi connectivity index (χ0v) is 7.19. The van der Waals surface area contributed by atoms with Crippen molar-refractivity contribution < 1.29 is 9.59 Å². The lowest BCUT2D eigenvalue weighted by atomic mass is 10.1. The van der Waals surface area contributed by atoms with Crippen LogP contribution in [0.4, 0.5) is 0 Å². The molecule has 0 saturated heterocycles. The first-order valence-corrected chi connectivity index (χ1v) is 4.08. The molecule has 1 amide bonds. The maximum Gasteiger partial charge on any atom is 0.207 e. The average molecular weight is 177 g/mol. The van der Waals surface area contributed by atoms with Crippen LogP contribution in [0.25, 0.3) is 0 Å². The van der Waals surface area contributed by atoms with Crippen molar-refractivity contribution in [1.82, 2.24) is 5.32 Å². The van der Waals surface area contributed by atoms with Gasteiger partial charge in [-0.05, 0) is 18.1 Å². The van der Waals surface area contributed by atoms with Crippen LogP contribution in [0, 0.1) is 0 Å². The largest absolute Gasteiger partial charge is 0.358 e. The number of nitrogens with one attached hydrogen (secondary N) is 1. The SMILES string of the molecule is O=CNCCc1cccc(C=O)c1. The van der Waals surface area contributed by atoms with E-state index in [0.717, 1.165) is 18.3 Å². The van der Waals surface area contributed by atoms with Crippen LogP contribution in [0.3, 0.4) is 0 Å². The summed E-state index contributed by atoms with van der Waals surface area (Å²) in [5.74, 6) is 0. The Balaban J connectivity index is 2.55. The fourth-order valence-electron chi connectivity index (χ4n) is 1.10. The van der Waals surface area contributed by atoms with Crippen LogP contribution in [0.2, 0.25) is 0 Å². The van der Waals surface area contributed by atoms with Gasteiger partial charge in [0.2, 0.25) is 6.41 Å². The van der Waals surface area contributed by atoms with Gasteiger partial charge in [0.25, 0.3) is 0 Å². The molecule has 1 rings (SSSR count). The minimum Gasteiger partial charge on any atom is -0.358 e. The maximum absolute atomic E-state index is 10.4. The summed E-state index contributed by atoms with van der Waals surface area (Å²) in [6.07, 6.45) is 2.24. The topological polar surface area (TPSA) is 46.2 Å². The second kappa shape index (κ2) is 5.09. The Bertz CT molecular complexity index is 297. The molecular formula is C10H11NO2. The van der Waals surface area contributed by atoms with Gasteiger partial charge in [0.05, 0.1) is 0 Å². The average Bonchev–Trinajstić information content (AvgIpc) is 2.19. The Morgan fingerprint density at radius 2 is 2.15 bits per heavy atom. The molecule has 0 radical (unpaired) electrons. The lowest BCUT2D eigenvalue weighted by Gasteiger charge is -2.00. The van der Waals surface area contributed by atoms with Crippen LogP contribution in [-0.4, -0.2) is 19.2 Å². The van der Waals surface area contributed by atoms with Crippen LogP contribution >= 0.6 is 0 Å². The normalized spacial score (nSPS) is 9.23. The highest BCUT2D eigenvalue weighted by molar-refractivity contribution is 5.74. The van der Waals surface area contributed by atoms with E-state index in [4.69, 9.17) is 0 Å². The van der Waals surface area contributed by atoms with Gasteiger partial charge >= 0.3 is 0 Å². The van der Waals surface area contributed by atoms with Gasteiger partial charge in [0.15, 0.2) is 0 Å². The lowest BCUT2D eigenvalue weighted by Crippen LogP contribution is -2.14. The van der Waals surface area contributed by atoms with E-state index in [9.17, 15) is 9.59 Å². The molecule has 68 valence electrons. The van der Waals surface area contributed by atoms with E-state index in [1.165, 1.54) is 0 Å². The third kappa shape index (κ3) is 3.07. The minimum atomic E-state index is 0.603. The summed E-state index contributed by atoms with van der Waals surface area (Å²) in [6.45, 7) is 0.603. The molecule has 0 fully saturated rings. The summed E-state index contributed by atoms with van der Waals surface area (Å²) < 4.78 is 0. The summed E-state index contributed by atoms with van der Waals surface area (Å²) in [6, 6.07) is 7.34. The van der Waals surface area contributed by atoms with Gasteiger partial charge in [-0.3, -0.25) is 9.59 Å². The van der Waals surface area contributed by atoms with Crippen molar-refractivity contribution in [2.75, 3.05) is 6.54 Å². The predicted molar refractivity (Wildman–Crippen MR) is 49.6 cm³/mol. The van der Waals surface area contributed by atoms with Crippen LogP contribution in [0.15, 0.2) is 24.3 Å². The summed E-state index contributed by atoms with van der Waals surface area (Å²) in [4.78, 5) is 20.4. The number of amides is 1. The molecular weight excluding hydrogens is 166 g/mol. The second-order valence-corrected chi connectivity index (χ2v) is 2.68. The molecule has 13 heavy (non-hydrogen) atoms. The van der Waals surface area contributed by atoms with Gasteiger partial charge in [-0.15, -0.1) is 0 Å².